The van der Waals surface area contributed by atoms with Crippen molar-refractivity contribution in [2.24, 2.45) is 0 Å². The number of carbonyl (C=O) groups excluding carboxylic acids is 1. The molecule has 0 radical (unpaired) electrons. The number of ether oxygens (including phenoxy) is 1. The molecule has 0 spiro atoms. The molecule has 0 aliphatic carbocycles. The molecule has 0 bridgehead atoms. The van der Waals surface area contributed by atoms with Crippen LogP contribution in [0, 0.1) is 0 Å². The van der Waals surface area contributed by atoms with Crippen LogP contribution in [0.2, 0.25) is 5.02 Å². The number of benzene rings is 1. The molecule has 0 amide bonds. The van der Waals surface area contributed by atoms with Crippen LogP contribution in [0.15, 0.2) is 22.7 Å². The average molecular weight is 357 g/mol. The van der Waals surface area contributed by atoms with Crippen molar-refractivity contribution in [3.05, 3.63) is 27.7 Å². The van der Waals surface area contributed by atoms with Crippen LogP contribution in [0.3, 0.4) is 0 Å². The predicted octanol–water partition coefficient (Wildman–Crippen LogP) is 2.41. The first-order valence-electron chi connectivity index (χ1n) is 4.82. The Labute approximate surface area is 119 Å². The van der Waals surface area contributed by atoms with E-state index in [0.717, 1.165) is 7.11 Å². The van der Waals surface area contributed by atoms with Crippen molar-refractivity contribution in [1.29, 1.82) is 0 Å². The highest BCUT2D eigenvalue weighted by Crippen LogP contribution is 2.27. The lowest BCUT2D eigenvalue weighted by Gasteiger charge is -2.14. The Morgan fingerprint density at radius 2 is 2.11 bits per heavy atom. The smallest absolute Gasteiger partial charge is 0.325 e. The topological polar surface area (TPSA) is 72.5 Å². The van der Waals surface area contributed by atoms with Gasteiger partial charge in [-0.15, -0.1) is 0 Å². The molecule has 1 atom stereocenters. The van der Waals surface area contributed by atoms with E-state index in [-0.39, 0.29) is 5.69 Å². The van der Waals surface area contributed by atoms with Gasteiger partial charge in [0.15, 0.2) is 5.25 Å². The third kappa shape index (κ3) is 3.60. The molecule has 0 aliphatic heterocycles. The summed E-state index contributed by atoms with van der Waals surface area (Å²) in [6, 6.07) is 4.64. The first kappa shape index (κ1) is 15.3. The molecule has 1 rings (SSSR count). The summed E-state index contributed by atoms with van der Waals surface area (Å²) in [5, 5.41) is -0.935. The van der Waals surface area contributed by atoms with Gasteiger partial charge in [0.2, 0.25) is 10.0 Å². The van der Waals surface area contributed by atoms with Crippen LogP contribution in [0.1, 0.15) is 6.92 Å². The van der Waals surface area contributed by atoms with E-state index in [2.05, 4.69) is 25.4 Å². The van der Waals surface area contributed by atoms with Crippen LogP contribution >= 0.6 is 27.5 Å². The van der Waals surface area contributed by atoms with Crippen LogP contribution in [0.5, 0.6) is 0 Å². The molecule has 1 N–H and O–H groups in total. The maximum Gasteiger partial charge on any atom is 0.325 e. The summed E-state index contributed by atoms with van der Waals surface area (Å²) in [6.07, 6.45) is 0. The van der Waals surface area contributed by atoms with Crippen LogP contribution in [-0.4, -0.2) is 26.7 Å². The number of anilines is 1. The summed E-state index contributed by atoms with van der Waals surface area (Å²) < 4.78 is 31.0. The Morgan fingerprint density at radius 3 is 2.67 bits per heavy atom. The van der Waals surface area contributed by atoms with Crippen molar-refractivity contribution in [3.8, 4) is 0 Å². The zero-order valence-corrected chi connectivity index (χ0v) is 12.8. The molecule has 8 heteroatoms. The van der Waals surface area contributed by atoms with Crippen molar-refractivity contribution in [2.75, 3.05) is 11.8 Å². The maximum absolute atomic E-state index is 11.9. The number of methoxy groups -OCH3 is 1. The second-order valence-electron chi connectivity index (χ2n) is 3.44. The summed E-state index contributed by atoms with van der Waals surface area (Å²) in [6.45, 7) is 1.24. The number of hydrogen-bond acceptors (Lipinski definition) is 4. The molecule has 0 fully saturated rings. The quantitative estimate of drug-likeness (QED) is 0.841. The average Bonchev–Trinajstić information content (AvgIpc) is 2.31. The SMILES string of the molecule is COC(=O)C(C)S(=O)(=O)Nc1cc(Cl)ccc1Br. The Morgan fingerprint density at radius 1 is 1.50 bits per heavy atom. The first-order chi connectivity index (χ1) is 8.27. The summed E-state index contributed by atoms with van der Waals surface area (Å²) in [7, 11) is -2.75. The Balaban J connectivity index is 3.02. The fourth-order valence-corrected chi connectivity index (χ4v) is 2.76. The minimum absolute atomic E-state index is 0.262. The summed E-state index contributed by atoms with van der Waals surface area (Å²) in [5.41, 5.74) is 0.262. The second kappa shape index (κ2) is 5.90. The van der Waals surface area contributed by atoms with Gasteiger partial charge in [0.1, 0.15) is 0 Å². The molecular formula is C10H11BrClNO4S. The van der Waals surface area contributed by atoms with Gasteiger partial charge in [-0.25, -0.2) is 8.42 Å². The van der Waals surface area contributed by atoms with Crippen molar-refractivity contribution >= 4 is 49.2 Å². The maximum atomic E-state index is 11.9. The monoisotopic (exact) mass is 355 g/mol. The van der Waals surface area contributed by atoms with Crippen LogP contribution < -0.4 is 4.72 Å². The van der Waals surface area contributed by atoms with E-state index < -0.39 is 21.2 Å². The summed E-state index contributed by atoms with van der Waals surface area (Å²) in [4.78, 5) is 11.2. The zero-order chi connectivity index (χ0) is 13.9. The third-order valence-corrected chi connectivity index (χ3v) is 4.73. The van der Waals surface area contributed by atoms with Crippen LogP contribution in [-0.2, 0) is 19.6 Å². The Bertz CT molecular complexity index is 561. The van der Waals surface area contributed by atoms with Gasteiger partial charge >= 0.3 is 5.97 Å². The molecule has 100 valence electrons. The van der Waals surface area contributed by atoms with Gasteiger partial charge in [0, 0.05) is 9.50 Å². The van der Waals surface area contributed by atoms with E-state index in [9.17, 15) is 13.2 Å². The fraction of sp³-hybridized carbons (Fsp3) is 0.300. The number of sulfonamides is 1. The van der Waals surface area contributed by atoms with Gasteiger partial charge in [0.05, 0.1) is 12.8 Å². The minimum Gasteiger partial charge on any atom is -0.468 e. The van der Waals surface area contributed by atoms with Crippen LogP contribution in [0.4, 0.5) is 5.69 Å². The van der Waals surface area contributed by atoms with E-state index in [4.69, 9.17) is 11.6 Å². The van der Waals surface area contributed by atoms with E-state index >= 15 is 0 Å². The highest BCUT2D eigenvalue weighted by molar-refractivity contribution is 9.10. The van der Waals surface area contributed by atoms with Crippen molar-refractivity contribution < 1.29 is 17.9 Å². The minimum atomic E-state index is -3.88. The van der Waals surface area contributed by atoms with Gasteiger partial charge in [-0.3, -0.25) is 9.52 Å². The molecular weight excluding hydrogens is 346 g/mol. The lowest BCUT2D eigenvalue weighted by atomic mass is 10.3. The summed E-state index contributed by atoms with van der Waals surface area (Å²) in [5.74, 6) is -0.833. The van der Waals surface area contributed by atoms with Gasteiger partial charge in [0.25, 0.3) is 0 Å². The molecule has 0 aromatic heterocycles. The lowest BCUT2D eigenvalue weighted by molar-refractivity contribution is -0.139. The van der Waals surface area contributed by atoms with E-state index in [0.29, 0.717) is 9.50 Å². The lowest BCUT2D eigenvalue weighted by Crippen LogP contribution is -2.33. The highest BCUT2D eigenvalue weighted by atomic mass is 79.9. The number of esters is 1. The van der Waals surface area contributed by atoms with E-state index in [1.807, 2.05) is 0 Å². The normalized spacial score (nSPS) is 12.9. The van der Waals surface area contributed by atoms with Crippen molar-refractivity contribution in [2.45, 2.75) is 12.2 Å². The van der Waals surface area contributed by atoms with E-state index in [1.165, 1.54) is 13.0 Å². The van der Waals surface area contributed by atoms with E-state index in [1.54, 1.807) is 12.1 Å². The molecule has 1 aromatic rings. The number of rotatable bonds is 4. The second-order valence-corrected chi connectivity index (χ2v) is 6.73. The van der Waals surface area contributed by atoms with Crippen LogP contribution in [0.25, 0.3) is 0 Å². The van der Waals surface area contributed by atoms with Crippen molar-refractivity contribution in [1.82, 2.24) is 0 Å². The standard InChI is InChI=1S/C10H11BrClNO4S/c1-6(10(14)17-2)18(15,16)13-9-5-7(12)3-4-8(9)11/h3-6,13H,1-2H3. The molecule has 0 saturated heterocycles. The van der Waals surface area contributed by atoms with Crippen molar-refractivity contribution in [3.63, 3.8) is 0 Å². The molecule has 1 unspecified atom stereocenters. The van der Waals surface area contributed by atoms with Gasteiger partial charge < -0.3 is 4.74 Å². The molecule has 0 saturated carbocycles. The molecule has 18 heavy (non-hydrogen) atoms. The Kier molecular flexibility index (Phi) is 5.01. The molecule has 5 nitrogen and oxygen atoms in total. The predicted molar refractivity (Wildman–Crippen MR) is 73.2 cm³/mol. The van der Waals surface area contributed by atoms with Gasteiger partial charge in [-0.1, -0.05) is 11.6 Å². The van der Waals surface area contributed by atoms with Gasteiger partial charge in [-0.2, -0.15) is 0 Å². The Hall–Kier alpha value is -0.790. The summed E-state index contributed by atoms with van der Waals surface area (Å²) >= 11 is 8.95. The molecule has 0 aliphatic rings. The number of halogens is 2. The molecule has 0 heterocycles. The zero-order valence-electron chi connectivity index (χ0n) is 9.61. The number of nitrogens with one attached hydrogen (secondary N) is 1. The first-order valence-corrected chi connectivity index (χ1v) is 7.54. The highest BCUT2D eigenvalue weighted by Gasteiger charge is 2.29. The third-order valence-electron chi connectivity index (χ3n) is 2.18. The largest absolute Gasteiger partial charge is 0.468 e. The number of hydrogen-bond donors (Lipinski definition) is 1. The molecule has 1 aromatic carbocycles. The number of carbonyl (C=O) groups is 1. The fourth-order valence-electron chi connectivity index (χ4n) is 1.11. The van der Waals surface area contributed by atoms with Gasteiger partial charge in [-0.05, 0) is 41.1 Å².